The van der Waals surface area contributed by atoms with Crippen molar-refractivity contribution in [1.29, 1.82) is 0 Å². The number of rotatable bonds is 3. The number of hydrogen-bond acceptors (Lipinski definition) is 4. The molecule has 2 saturated heterocycles. The first kappa shape index (κ1) is 14.4. The summed E-state index contributed by atoms with van der Waals surface area (Å²) in [6.07, 6.45) is 1.71. The normalized spacial score (nSPS) is 26.9. The summed E-state index contributed by atoms with van der Waals surface area (Å²) in [6, 6.07) is 9.00. The smallest absolute Gasteiger partial charge is 0.242 e. The van der Waals surface area contributed by atoms with Gasteiger partial charge in [-0.2, -0.15) is 0 Å². The predicted molar refractivity (Wildman–Crippen MR) is 83.7 cm³/mol. The van der Waals surface area contributed by atoms with Gasteiger partial charge in [-0.05, 0) is 43.6 Å². The topological polar surface area (TPSA) is 52.8 Å². The first-order valence-electron chi connectivity index (χ1n) is 7.64. The number of nitrogens with two attached hydrogens (primary N) is 1. The highest BCUT2D eigenvalue weighted by Crippen LogP contribution is 2.35. The molecule has 3 rings (SSSR count). The Morgan fingerprint density at radius 3 is 2.76 bits per heavy atom. The fourth-order valence-electron chi connectivity index (χ4n) is 3.51. The number of amides is 1. The van der Waals surface area contributed by atoms with Gasteiger partial charge in [-0.1, -0.05) is 12.1 Å². The van der Waals surface area contributed by atoms with Crippen molar-refractivity contribution < 1.29 is 4.79 Å². The van der Waals surface area contributed by atoms with Crippen LogP contribution in [0.2, 0.25) is 0 Å². The Kier molecular flexibility index (Phi) is 3.87. The summed E-state index contributed by atoms with van der Waals surface area (Å²) in [6.45, 7) is 2.59. The number of hydrazine groups is 1. The lowest BCUT2D eigenvalue weighted by Gasteiger charge is -2.27. The zero-order valence-corrected chi connectivity index (χ0v) is 12.8. The molecule has 1 aromatic rings. The van der Waals surface area contributed by atoms with Gasteiger partial charge in [-0.3, -0.25) is 19.7 Å². The zero-order chi connectivity index (χ0) is 15.0. The first-order valence-corrected chi connectivity index (χ1v) is 7.64. The van der Waals surface area contributed by atoms with E-state index in [0.717, 1.165) is 31.7 Å². The van der Waals surface area contributed by atoms with Crippen LogP contribution in [0, 0.1) is 5.92 Å². The summed E-state index contributed by atoms with van der Waals surface area (Å²) < 4.78 is 0. The van der Waals surface area contributed by atoms with Crippen LogP contribution >= 0.6 is 0 Å². The molecule has 1 amide bonds. The van der Waals surface area contributed by atoms with Crippen LogP contribution in [0.25, 0.3) is 0 Å². The van der Waals surface area contributed by atoms with Gasteiger partial charge in [0.15, 0.2) is 0 Å². The molecule has 0 aromatic heterocycles. The Balaban J connectivity index is 1.82. The predicted octanol–water partition coefficient (Wildman–Crippen LogP) is 1.22. The van der Waals surface area contributed by atoms with Gasteiger partial charge in [0.2, 0.25) is 5.91 Å². The van der Waals surface area contributed by atoms with E-state index in [0.29, 0.717) is 18.4 Å². The number of carbonyl (C=O) groups is 1. The molecule has 0 spiro atoms. The van der Waals surface area contributed by atoms with Crippen LogP contribution in [0.5, 0.6) is 0 Å². The molecule has 0 aliphatic carbocycles. The summed E-state index contributed by atoms with van der Waals surface area (Å²) in [7, 11) is 4.01. The van der Waals surface area contributed by atoms with E-state index in [1.807, 2.05) is 7.05 Å². The highest BCUT2D eigenvalue weighted by atomic mass is 16.2. The third-order valence-electron chi connectivity index (χ3n) is 4.78. The van der Waals surface area contributed by atoms with Crippen molar-refractivity contribution in [3.05, 3.63) is 29.8 Å². The van der Waals surface area contributed by atoms with E-state index in [-0.39, 0.29) is 5.91 Å². The van der Waals surface area contributed by atoms with Crippen LogP contribution in [0.3, 0.4) is 0 Å². The van der Waals surface area contributed by atoms with E-state index in [1.165, 1.54) is 5.56 Å². The maximum atomic E-state index is 11.7. The van der Waals surface area contributed by atoms with Crippen LogP contribution in [-0.4, -0.2) is 49.5 Å². The molecular formula is C16H24N4O. The highest BCUT2D eigenvalue weighted by molar-refractivity contribution is 5.81. The second-order valence-electron chi connectivity index (χ2n) is 6.18. The van der Waals surface area contributed by atoms with E-state index in [1.54, 1.807) is 5.01 Å². The van der Waals surface area contributed by atoms with Crippen molar-refractivity contribution in [2.45, 2.75) is 18.9 Å². The van der Waals surface area contributed by atoms with E-state index in [9.17, 15) is 4.79 Å². The largest absolute Gasteiger partial charge is 0.330 e. The Morgan fingerprint density at radius 2 is 2.14 bits per heavy atom. The number of hydrogen-bond donors (Lipinski definition) is 1. The molecule has 5 nitrogen and oxygen atoms in total. The lowest BCUT2D eigenvalue weighted by Crippen LogP contribution is -2.35. The molecule has 2 N–H and O–H groups in total. The van der Waals surface area contributed by atoms with Crippen molar-refractivity contribution in [2.24, 2.45) is 11.7 Å². The molecule has 2 atom stereocenters. The Morgan fingerprint density at radius 1 is 1.33 bits per heavy atom. The number of anilines is 1. The van der Waals surface area contributed by atoms with Gasteiger partial charge >= 0.3 is 0 Å². The second kappa shape index (κ2) is 5.66. The van der Waals surface area contributed by atoms with Crippen LogP contribution in [0.15, 0.2) is 24.3 Å². The number of likely N-dealkylation sites (tertiary alicyclic amines) is 1. The molecule has 2 aliphatic rings. The van der Waals surface area contributed by atoms with E-state index in [2.05, 4.69) is 41.2 Å². The summed E-state index contributed by atoms with van der Waals surface area (Å²) in [4.78, 5) is 14.1. The standard InChI is InChI=1S/C16H24N4O/c1-18-11-12(10-17)8-15(18)13-4-3-5-14(9-13)20-7-6-16(21)19(20)2/h3-5,9,12,15H,6-8,10-11,17H2,1-2H3. The second-order valence-corrected chi connectivity index (χ2v) is 6.18. The van der Waals surface area contributed by atoms with E-state index in [4.69, 9.17) is 5.73 Å². The third kappa shape index (κ3) is 2.63. The Hall–Kier alpha value is -1.59. The van der Waals surface area contributed by atoms with Gasteiger partial charge < -0.3 is 5.73 Å². The number of nitrogens with zero attached hydrogens (tertiary/aromatic N) is 3. The quantitative estimate of drug-likeness (QED) is 0.909. The summed E-state index contributed by atoms with van der Waals surface area (Å²) in [5.74, 6) is 0.765. The molecule has 21 heavy (non-hydrogen) atoms. The number of benzene rings is 1. The monoisotopic (exact) mass is 288 g/mol. The number of carbonyl (C=O) groups excluding carboxylic acids is 1. The van der Waals surface area contributed by atoms with E-state index >= 15 is 0 Å². The van der Waals surface area contributed by atoms with Gasteiger partial charge in [-0.25, -0.2) is 0 Å². The summed E-state index contributed by atoms with van der Waals surface area (Å²) >= 11 is 0. The fraction of sp³-hybridized carbons (Fsp3) is 0.562. The minimum absolute atomic E-state index is 0.182. The van der Waals surface area contributed by atoms with Crippen molar-refractivity contribution in [3.63, 3.8) is 0 Å². The van der Waals surface area contributed by atoms with Crippen LogP contribution in [0.1, 0.15) is 24.4 Å². The molecule has 0 bridgehead atoms. The van der Waals surface area contributed by atoms with Crippen LogP contribution in [-0.2, 0) is 4.79 Å². The van der Waals surface area contributed by atoms with Crippen molar-refractivity contribution in [1.82, 2.24) is 9.91 Å². The average molecular weight is 288 g/mol. The van der Waals surface area contributed by atoms with Gasteiger partial charge in [0.25, 0.3) is 0 Å². The molecule has 0 saturated carbocycles. The Labute approximate surface area is 126 Å². The van der Waals surface area contributed by atoms with Crippen LogP contribution in [0.4, 0.5) is 5.69 Å². The Bertz CT molecular complexity index is 533. The summed E-state index contributed by atoms with van der Waals surface area (Å²) in [5.41, 5.74) is 8.24. The molecular weight excluding hydrogens is 264 g/mol. The average Bonchev–Trinajstić information content (AvgIpc) is 3.03. The minimum Gasteiger partial charge on any atom is -0.330 e. The first-order chi connectivity index (χ1) is 10.1. The van der Waals surface area contributed by atoms with Crippen molar-refractivity contribution in [3.8, 4) is 0 Å². The zero-order valence-electron chi connectivity index (χ0n) is 12.8. The maximum Gasteiger partial charge on any atom is 0.242 e. The lowest BCUT2D eigenvalue weighted by molar-refractivity contribution is -0.126. The molecule has 2 heterocycles. The molecule has 1 aromatic carbocycles. The summed E-state index contributed by atoms with van der Waals surface area (Å²) in [5, 5.41) is 3.78. The fourth-order valence-corrected chi connectivity index (χ4v) is 3.51. The minimum atomic E-state index is 0.182. The van der Waals surface area contributed by atoms with Crippen molar-refractivity contribution >= 4 is 11.6 Å². The van der Waals surface area contributed by atoms with E-state index < -0.39 is 0 Å². The molecule has 114 valence electrons. The lowest BCUT2D eigenvalue weighted by atomic mass is 9.99. The molecule has 2 unspecified atom stereocenters. The van der Waals surface area contributed by atoms with Gasteiger partial charge in [0.05, 0.1) is 5.69 Å². The van der Waals surface area contributed by atoms with Crippen molar-refractivity contribution in [2.75, 3.05) is 38.7 Å². The van der Waals surface area contributed by atoms with Gasteiger partial charge in [0.1, 0.15) is 0 Å². The van der Waals surface area contributed by atoms with Gasteiger partial charge in [-0.15, -0.1) is 0 Å². The molecule has 2 aliphatic heterocycles. The SMILES string of the molecule is CN1CC(CN)CC1c1cccc(N2CCC(=O)N2C)c1. The molecule has 5 heteroatoms. The molecule has 0 radical (unpaired) electrons. The highest BCUT2D eigenvalue weighted by Gasteiger charge is 2.31. The third-order valence-corrected chi connectivity index (χ3v) is 4.78. The maximum absolute atomic E-state index is 11.7. The molecule has 2 fully saturated rings. The van der Waals surface area contributed by atoms with Gasteiger partial charge in [0, 0.05) is 32.6 Å². The van der Waals surface area contributed by atoms with Crippen LogP contribution < -0.4 is 10.7 Å².